The largest absolute Gasteiger partial charge is 0.158 e. The van der Waals surface area contributed by atoms with Crippen LogP contribution in [0.4, 0.5) is 0 Å². The van der Waals surface area contributed by atoms with E-state index in [9.17, 15) is 0 Å². The van der Waals surface area contributed by atoms with E-state index in [-0.39, 0.29) is 0 Å². The molecule has 0 fully saturated rings. The molecule has 0 aliphatic heterocycles. The summed E-state index contributed by atoms with van der Waals surface area (Å²) in [4.78, 5) is 0. The van der Waals surface area contributed by atoms with Crippen molar-refractivity contribution in [1.29, 1.82) is 0 Å². The zero-order valence-corrected chi connectivity index (χ0v) is 19.0. The molecule has 152 valence electrons. The van der Waals surface area contributed by atoms with Gasteiger partial charge in [0.2, 0.25) is 0 Å². The van der Waals surface area contributed by atoms with Crippen LogP contribution in [0.3, 0.4) is 0 Å². The summed E-state index contributed by atoms with van der Waals surface area (Å²) in [7, 11) is 0. The van der Waals surface area contributed by atoms with Gasteiger partial charge in [-0.15, -0.1) is 0 Å². The second-order valence-corrected chi connectivity index (χ2v) is 8.83. The average Bonchev–Trinajstić information content (AvgIpc) is 2.64. The van der Waals surface area contributed by atoms with Gasteiger partial charge in [-0.3, -0.25) is 0 Å². The van der Waals surface area contributed by atoms with Crippen LogP contribution in [0.1, 0.15) is 98.3 Å². The van der Waals surface area contributed by atoms with Gasteiger partial charge in [-0.25, -0.2) is 0 Å². The third-order valence-corrected chi connectivity index (χ3v) is 5.75. The molecule has 0 nitrogen and oxygen atoms in total. The number of hydrogen-bond acceptors (Lipinski definition) is 1. The highest BCUT2D eigenvalue weighted by Gasteiger charge is 2.05. The van der Waals surface area contributed by atoms with Crippen LogP contribution in [0.2, 0.25) is 0 Å². The zero-order valence-electron chi connectivity index (χ0n) is 18.2. The fourth-order valence-electron chi connectivity index (χ4n) is 3.31. The van der Waals surface area contributed by atoms with Crippen LogP contribution < -0.4 is 0 Å². The summed E-state index contributed by atoms with van der Waals surface area (Å²) in [5, 5.41) is 0. The molecular weight excluding hydrogens is 332 g/mol. The lowest BCUT2D eigenvalue weighted by Crippen LogP contribution is -1.99. The average molecular weight is 379 g/mol. The van der Waals surface area contributed by atoms with Gasteiger partial charge in [-0.2, -0.15) is 11.8 Å². The topological polar surface area (TPSA) is 0 Å². The van der Waals surface area contributed by atoms with Crippen molar-refractivity contribution in [3.05, 3.63) is 36.5 Å². The first-order valence-electron chi connectivity index (χ1n) is 11.3. The van der Waals surface area contributed by atoms with Crippen LogP contribution in [0.5, 0.6) is 0 Å². The normalized spacial score (nSPS) is 14.8. The maximum atomic E-state index is 2.47. The molecule has 2 unspecified atom stereocenters. The monoisotopic (exact) mass is 378 g/mol. The molecule has 2 atom stereocenters. The summed E-state index contributed by atoms with van der Waals surface area (Å²) >= 11 is 2.01. The van der Waals surface area contributed by atoms with Crippen LogP contribution in [-0.2, 0) is 0 Å². The molecule has 0 rings (SSSR count). The van der Waals surface area contributed by atoms with Crippen molar-refractivity contribution in [3.8, 4) is 0 Å². The van der Waals surface area contributed by atoms with Crippen LogP contribution in [0, 0.1) is 11.8 Å². The van der Waals surface area contributed by atoms with E-state index < -0.39 is 0 Å². The van der Waals surface area contributed by atoms with Gasteiger partial charge in [0.05, 0.1) is 0 Å². The molecule has 1 heteroatoms. The number of hydrogen-bond donors (Lipinski definition) is 0. The molecule has 0 aromatic rings. The molecule has 0 aliphatic rings. The maximum absolute atomic E-state index is 2.47. The predicted molar refractivity (Wildman–Crippen MR) is 125 cm³/mol. The van der Waals surface area contributed by atoms with Crippen molar-refractivity contribution in [1.82, 2.24) is 0 Å². The second-order valence-electron chi connectivity index (χ2n) is 7.51. The van der Waals surface area contributed by atoms with Gasteiger partial charge in [-0.1, -0.05) is 83.4 Å². The molecule has 0 aromatic heterocycles. The van der Waals surface area contributed by atoms with Gasteiger partial charge in [-0.05, 0) is 69.0 Å². The zero-order chi connectivity index (χ0) is 19.3. The summed E-state index contributed by atoms with van der Waals surface area (Å²) in [6.45, 7) is 9.14. The molecular formula is C25H46S. The van der Waals surface area contributed by atoms with E-state index >= 15 is 0 Å². The molecule has 0 saturated carbocycles. The number of unbranched alkanes of at least 4 members (excludes halogenated alkanes) is 2. The van der Waals surface area contributed by atoms with E-state index in [1.807, 2.05) is 11.8 Å². The molecule has 0 aromatic carbocycles. The van der Waals surface area contributed by atoms with E-state index in [0.29, 0.717) is 0 Å². The Bertz CT molecular complexity index is 353. The minimum atomic E-state index is 0.744. The second kappa shape index (κ2) is 20.9. The Morgan fingerprint density at radius 3 is 2.15 bits per heavy atom. The molecule has 0 bridgehead atoms. The molecule has 26 heavy (non-hydrogen) atoms. The fourth-order valence-corrected chi connectivity index (χ4v) is 3.82. The van der Waals surface area contributed by atoms with Crippen LogP contribution in [0.15, 0.2) is 36.5 Å². The van der Waals surface area contributed by atoms with Gasteiger partial charge < -0.3 is 0 Å². The molecule has 0 saturated heterocycles. The Morgan fingerprint density at radius 1 is 0.731 bits per heavy atom. The standard InChI is InChI=1S/C25H46S/c1-5-8-9-10-11-13-19-24(4)20-15-16-22-25(18-6-2)21-14-12-17-23-26-7-3/h8-9,12,15,17,20,24-25H,5-7,10-11,13-14,16,18-19,21-23H2,1-4H3/b9-8-,17-12+,20-15+. The first-order chi connectivity index (χ1) is 12.7. The van der Waals surface area contributed by atoms with E-state index in [2.05, 4.69) is 64.2 Å². The Kier molecular flexibility index (Phi) is 20.5. The lowest BCUT2D eigenvalue weighted by Gasteiger charge is -2.14. The number of rotatable bonds is 18. The predicted octanol–water partition coefficient (Wildman–Crippen LogP) is 8.99. The van der Waals surface area contributed by atoms with Crippen LogP contribution in [-0.4, -0.2) is 11.5 Å². The number of allylic oxidation sites excluding steroid dienone is 5. The van der Waals surface area contributed by atoms with E-state index in [1.54, 1.807) is 0 Å². The van der Waals surface area contributed by atoms with E-state index in [4.69, 9.17) is 0 Å². The smallest absolute Gasteiger partial charge is 0.0113 e. The van der Waals surface area contributed by atoms with Crippen molar-refractivity contribution >= 4 is 11.8 Å². The summed E-state index contributed by atoms with van der Waals surface area (Å²) in [6, 6.07) is 0. The third kappa shape index (κ3) is 18.4. The molecule has 0 amide bonds. The number of thioether (sulfide) groups is 1. The van der Waals surface area contributed by atoms with Gasteiger partial charge in [0.25, 0.3) is 0 Å². The van der Waals surface area contributed by atoms with Gasteiger partial charge >= 0.3 is 0 Å². The van der Waals surface area contributed by atoms with Crippen LogP contribution in [0.25, 0.3) is 0 Å². The fraction of sp³-hybridized carbons (Fsp3) is 0.760. The highest BCUT2D eigenvalue weighted by Crippen LogP contribution is 2.21. The maximum Gasteiger partial charge on any atom is 0.0113 e. The lowest BCUT2D eigenvalue weighted by atomic mass is 9.92. The minimum absolute atomic E-state index is 0.744. The van der Waals surface area contributed by atoms with Crippen LogP contribution >= 0.6 is 11.8 Å². The Balaban J connectivity index is 3.82. The summed E-state index contributed by atoms with van der Waals surface area (Å²) in [5.41, 5.74) is 0. The van der Waals surface area contributed by atoms with E-state index in [0.717, 1.165) is 11.8 Å². The minimum Gasteiger partial charge on any atom is -0.158 e. The van der Waals surface area contributed by atoms with E-state index in [1.165, 1.54) is 82.1 Å². The van der Waals surface area contributed by atoms with Crippen molar-refractivity contribution < 1.29 is 0 Å². The van der Waals surface area contributed by atoms with Crippen molar-refractivity contribution in [2.45, 2.75) is 98.3 Å². The lowest BCUT2D eigenvalue weighted by molar-refractivity contribution is 0.421. The summed E-state index contributed by atoms with van der Waals surface area (Å²) in [5.74, 6) is 4.07. The van der Waals surface area contributed by atoms with Gasteiger partial charge in [0.15, 0.2) is 0 Å². The quantitative estimate of drug-likeness (QED) is 0.169. The van der Waals surface area contributed by atoms with Crippen molar-refractivity contribution in [2.24, 2.45) is 11.8 Å². The molecule has 0 radical (unpaired) electrons. The molecule has 0 aliphatic carbocycles. The Labute approximate surface area is 170 Å². The van der Waals surface area contributed by atoms with Gasteiger partial charge in [0, 0.05) is 5.75 Å². The first kappa shape index (κ1) is 25.6. The van der Waals surface area contributed by atoms with Crippen molar-refractivity contribution in [2.75, 3.05) is 11.5 Å². The highest BCUT2D eigenvalue weighted by atomic mass is 32.2. The molecule has 0 heterocycles. The molecule has 0 spiro atoms. The Hall–Kier alpha value is -0.430. The summed E-state index contributed by atoms with van der Waals surface area (Å²) < 4.78 is 0. The first-order valence-corrected chi connectivity index (χ1v) is 12.4. The highest BCUT2D eigenvalue weighted by molar-refractivity contribution is 7.99. The SMILES string of the molecule is CC/C=C\CCCCC(C)/C=C/CCC(CCC)CC/C=C/CSCC. The van der Waals surface area contributed by atoms with Gasteiger partial charge in [0.1, 0.15) is 0 Å². The molecule has 0 N–H and O–H groups in total. The third-order valence-electron chi connectivity index (χ3n) is 4.91. The summed E-state index contributed by atoms with van der Waals surface area (Å²) in [6.07, 6.45) is 28.8. The van der Waals surface area contributed by atoms with Crippen molar-refractivity contribution in [3.63, 3.8) is 0 Å². The Morgan fingerprint density at radius 2 is 1.46 bits per heavy atom.